The average molecular weight is 310 g/mol. The van der Waals surface area contributed by atoms with E-state index >= 15 is 0 Å². The van der Waals surface area contributed by atoms with Crippen molar-refractivity contribution in [2.75, 3.05) is 5.32 Å². The molecule has 0 bridgehead atoms. The summed E-state index contributed by atoms with van der Waals surface area (Å²) in [6.07, 6.45) is 0.188. The van der Waals surface area contributed by atoms with Gasteiger partial charge in [0.2, 0.25) is 0 Å². The first kappa shape index (κ1) is 15.0. The number of hydrogen-bond donors (Lipinski definition) is 1. The maximum atomic E-state index is 5.96. The minimum Gasteiger partial charge on any atom is -0.491 e. The van der Waals surface area contributed by atoms with E-state index in [4.69, 9.17) is 27.9 Å². The lowest BCUT2D eigenvalue weighted by atomic mass is 10.2. The number of benzene rings is 2. The van der Waals surface area contributed by atoms with Crippen molar-refractivity contribution >= 4 is 28.9 Å². The second-order valence-corrected chi connectivity index (χ2v) is 5.70. The van der Waals surface area contributed by atoms with Gasteiger partial charge in [0.25, 0.3) is 0 Å². The highest BCUT2D eigenvalue weighted by Crippen LogP contribution is 2.23. The van der Waals surface area contributed by atoms with Crippen LogP contribution in [0.15, 0.2) is 42.5 Å². The summed E-state index contributed by atoms with van der Waals surface area (Å²) in [5.74, 6) is 0.884. The first-order chi connectivity index (χ1) is 9.52. The number of halogens is 2. The predicted molar refractivity (Wildman–Crippen MR) is 86.0 cm³/mol. The van der Waals surface area contributed by atoms with Crippen LogP contribution in [-0.2, 0) is 6.54 Å². The van der Waals surface area contributed by atoms with Crippen molar-refractivity contribution < 1.29 is 4.74 Å². The van der Waals surface area contributed by atoms with Crippen LogP contribution in [0.4, 0.5) is 5.69 Å². The molecule has 2 aromatic carbocycles. The molecule has 20 heavy (non-hydrogen) atoms. The molecular formula is C16H17Cl2NO. The second kappa shape index (κ2) is 6.87. The normalized spacial score (nSPS) is 10.7. The Labute approximate surface area is 129 Å². The first-order valence-electron chi connectivity index (χ1n) is 6.48. The molecule has 0 heterocycles. The van der Waals surface area contributed by atoms with E-state index in [9.17, 15) is 0 Å². The summed E-state index contributed by atoms with van der Waals surface area (Å²) in [6.45, 7) is 4.73. The molecule has 2 nitrogen and oxygen atoms in total. The third-order valence-corrected chi connectivity index (χ3v) is 3.09. The molecule has 0 fully saturated rings. The van der Waals surface area contributed by atoms with Crippen molar-refractivity contribution in [3.05, 3.63) is 58.1 Å². The minimum absolute atomic E-state index is 0.188. The van der Waals surface area contributed by atoms with Crippen LogP contribution in [0.2, 0.25) is 10.0 Å². The molecule has 0 radical (unpaired) electrons. The molecule has 0 spiro atoms. The third kappa shape index (κ3) is 4.62. The lowest BCUT2D eigenvalue weighted by molar-refractivity contribution is 0.242. The van der Waals surface area contributed by atoms with Gasteiger partial charge in [-0.05, 0) is 49.7 Å². The van der Waals surface area contributed by atoms with Crippen LogP contribution in [-0.4, -0.2) is 6.10 Å². The fraction of sp³-hybridized carbons (Fsp3) is 0.250. The van der Waals surface area contributed by atoms with E-state index in [0.29, 0.717) is 16.6 Å². The Hall–Kier alpha value is -1.38. The van der Waals surface area contributed by atoms with Gasteiger partial charge in [-0.3, -0.25) is 0 Å². The zero-order valence-electron chi connectivity index (χ0n) is 11.5. The molecule has 0 unspecified atom stereocenters. The number of hydrogen-bond acceptors (Lipinski definition) is 2. The summed E-state index contributed by atoms with van der Waals surface area (Å²) in [6, 6.07) is 13.4. The topological polar surface area (TPSA) is 21.3 Å². The van der Waals surface area contributed by atoms with Gasteiger partial charge in [-0.2, -0.15) is 0 Å². The lowest BCUT2D eigenvalue weighted by Crippen LogP contribution is -2.05. The van der Waals surface area contributed by atoms with Gasteiger partial charge in [0.05, 0.1) is 6.10 Å². The zero-order chi connectivity index (χ0) is 14.5. The molecule has 1 N–H and O–H groups in total. The molecule has 0 saturated heterocycles. The van der Waals surface area contributed by atoms with Gasteiger partial charge in [0.15, 0.2) is 0 Å². The number of rotatable bonds is 5. The molecule has 0 atom stereocenters. The summed E-state index contributed by atoms with van der Waals surface area (Å²) < 4.78 is 5.61. The Morgan fingerprint density at radius 3 is 2.15 bits per heavy atom. The molecule has 0 aliphatic rings. The van der Waals surface area contributed by atoms with Gasteiger partial charge in [-0.15, -0.1) is 0 Å². The Balaban J connectivity index is 1.96. The predicted octanol–water partition coefficient (Wildman–Crippen LogP) is 5.39. The lowest BCUT2D eigenvalue weighted by Gasteiger charge is -2.11. The van der Waals surface area contributed by atoms with Gasteiger partial charge in [-0.25, -0.2) is 0 Å². The van der Waals surface area contributed by atoms with Gasteiger partial charge >= 0.3 is 0 Å². The Kier molecular flexibility index (Phi) is 5.16. The third-order valence-electron chi connectivity index (χ3n) is 2.65. The van der Waals surface area contributed by atoms with Crippen LogP contribution < -0.4 is 10.1 Å². The van der Waals surface area contributed by atoms with Crippen molar-refractivity contribution in [3.63, 3.8) is 0 Å². The van der Waals surface area contributed by atoms with E-state index in [1.807, 2.05) is 50.2 Å². The fourth-order valence-electron chi connectivity index (χ4n) is 1.82. The molecule has 2 rings (SSSR count). The summed E-state index contributed by atoms with van der Waals surface area (Å²) in [4.78, 5) is 0. The molecule has 0 aliphatic heterocycles. The van der Waals surface area contributed by atoms with Crippen molar-refractivity contribution in [1.82, 2.24) is 0 Å². The maximum Gasteiger partial charge on any atom is 0.119 e. The molecule has 0 amide bonds. The zero-order valence-corrected chi connectivity index (χ0v) is 13.0. The van der Waals surface area contributed by atoms with Crippen LogP contribution in [0.1, 0.15) is 19.4 Å². The molecule has 0 aromatic heterocycles. The van der Waals surface area contributed by atoms with Crippen molar-refractivity contribution in [3.8, 4) is 5.75 Å². The fourth-order valence-corrected chi connectivity index (χ4v) is 2.34. The van der Waals surface area contributed by atoms with Crippen molar-refractivity contribution in [2.45, 2.75) is 26.5 Å². The Morgan fingerprint density at radius 1 is 1.00 bits per heavy atom. The van der Waals surface area contributed by atoms with Crippen molar-refractivity contribution in [2.24, 2.45) is 0 Å². The van der Waals surface area contributed by atoms with Gasteiger partial charge in [-0.1, -0.05) is 35.3 Å². The van der Waals surface area contributed by atoms with Gasteiger partial charge < -0.3 is 10.1 Å². The standard InChI is InChI=1S/C16H17Cl2NO/c1-11(2)20-16-5-3-12(4-6-16)10-19-15-8-13(17)7-14(18)9-15/h3-9,11,19H,10H2,1-2H3. The van der Waals surface area contributed by atoms with Crippen LogP contribution >= 0.6 is 23.2 Å². The summed E-state index contributed by atoms with van der Waals surface area (Å²) in [5.41, 5.74) is 2.07. The van der Waals surface area contributed by atoms with Crippen LogP contribution in [0, 0.1) is 0 Å². The quantitative estimate of drug-likeness (QED) is 0.799. The largest absolute Gasteiger partial charge is 0.491 e. The van der Waals surface area contributed by atoms with E-state index in [1.165, 1.54) is 0 Å². The molecular weight excluding hydrogens is 293 g/mol. The molecule has 2 aromatic rings. The number of nitrogens with one attached hydrogen (secondary N) is 1. The molecule has 4 heteroatoms. The Bertz CT molecular complexity index is 547. The van der Waals surface area contributed by atoms with E-state index in [0.717, 1.165) is 17.0 Å². The average Bonchev–Trinajstić information content (AvgIpc) is 2.36. The summed E-state index contributed by atoms with van der Waals surface area (Å²) in [7, 11) is 0. The van der Waals surface area contributed by atoms with Crippen molar-refractivity contribution in [1.29, 1.82) is 0 Å². The SMILES string of the molecule is CC(C)Oc1ccc(CNc2cc(Cl)cc(Cl)c2)cc1. The van der Waals surface area contributed by atoms with Crippen LogP contribution in [0.3, 0.4) is 0 Å². The second-order valence-electron chi connectivity index (χ2n) is 4.82. The first-order valence-corrected chi connectivity index (χ1v) is 7.24. The smallest absolute Gasteiger partial charge is 0.119 e. The highest BCUT2D eigenvalue weighted by molar-refractivity contribution is 6.35. The molecule has 0 saturated carbocycles. The van der Waals surface area contributed by atoms with E-state index < -0.39 is 0 Å². The number of anilines is 1. The Morgan fingerprint density at radius 2 is 1.60 bits per heavy atom. The van der Waals surface area contributed by atoms with E-state index in [1.54, 1.807) is 6.07 Å². The van der Waals surface area contributed by atoms with Crippen LogP contribution in [0.25, 0.3) is 0 Å². The highest BCUT2D eigenvalue weighted by Gasteiger charge is 2.00. The monoisotopic (exact) mass is 309 g/mol. The minimum atomic E-state index is 0.188. The summed E-state index contributed by atoms with van der Waals surface area (Å²) in [5, 5.41) is 4.54. The number of ether oxygens (including phenoxy) is 1. The van der Waals surface area contributed by atoms with E-state index in [2.05, 4.69) is 5.32 Å². The van der Waals surface area contributed by atoms with Gasteiger partial charge in [0.1, 0.15) is 5.75 Å². The summed E-state index contributed by atoms with van der Waals surface area (Å²) >= 11 is 11.9. The maximum absolute atomic E-state index is 5.96. The van der Waals surface area contributed by atoms with Gasteiger partial charge in [0, 0.05) is 22.3 Å². The highest BCUT2D eigenvalue weighted by atomic mass is 35.5. The molecule has 106 valence electrons. The van der Waals surface area contributed by atoms with E-state index in [-0.39, 0.29) is 6.10 Å². The van der Waals surface area contributed by atoms with Crippen LogP contribution in [0.5, 0.6) is 5.75 Å². The molecule has 0 aliphatic carbocycles.